The molecule has 0 aliphatic heterocycles. The fraction of sp³-hybridized carbons (Fsp3) is 0.133. The van der Waals surface area contributed by atoms with Crippen LogP contribution in [0.15, 0.2) is 42.7 Å². The van der Waals surface area contributed by atoms with Gasteiger partial charge in [0.2, 0.25) is 0 Å². The van der Waals surface area contributed by atoms with Gasteiger partial charge in [0.25, 0.3) is 11.8 Å². The predicted octanol–water partition coefficient (Wildman–Crippen LogP) is 1.16. The molecular formula is C15H15FN4O2. The van der Waals surface area contributed by atoms with Crippen molar-refractivity contribution in [3.63, 3.8) is 0 Å². The Balaban J connectivity index is 1.83. The molecule has 0 spiro atoms. The maximum absolute atomic E-state index is 12.8. The number of amides is 2. The molecule has 7 heteroatoms. The van der Waals surface area contributed by atoms with Crippen molar-refractivity contribution in [3.8, 4) is 0 Å². The molecule has 114 valence electrons. The summed E-state index contributed by atoms with van der Waals surface area (Å²) in [7, 11) is 0. The highest BCUT2D eigenvalue weighted by Crippen LogP contribution is 2.11. The van der Waals surface area contributed by atoms with Gasteiger partial charge >= 0.3 is 0 Å². The van der Waals surface area contributed by atoms with E-state index in [0.29, 0.717) is 24.3 Å². The van der Waals surface area contributed by atoms with Crippen LogP contribution in [-0.4, -0.2) is 29.9 Å². The molecular weight excluding hydrogens is 287 g/mol. The number of primary amides is 1. The highest BCUT2D eigenvalue weighted by atomic mass is 19.1. The van der Waals surface area contributed by atoms with Crippen LogP contribution in [0, 0.1) is 5.82 Å². The summed E-state index contributed by atoms with van der Waals surface area (Å²) in [5.74, 6) is -1.27. The molecule has 2 rings (SSSR count). The first-order valence-electron chi connectivity index (χ1n) is 6.59. The van der Waals surface area contributed by atoms with Crippen LogP contribution < -0.4 is 16.4 Å². The van der Waals surface area contributed by atoms with Crippen LogP contribution >= 0.6 is 0 Å². The van der Waals surface area contributed by atoms with E-state index in [2.05, 4.69) is 15.6 Å². The lowest BCUT2D eigenvalue weighted by molar-refractivity contribution is 0.0953. The first-order valence-corrected chi connectivity index (χ1v) is 6.59. The monoisotopic (exact) mass is 302 g/mol. The van der Waals surface area contributed by atoms with E-state index in [-0.39, 0.29) is 11.5 Å². The van der Waals surface area contributed by atoms with E-state index in [4.69, 9.17) is 5.73 Å². The van der Waals surface area contributed by atoms with Crippen LogP contribution in [0.4, 0.5) is 10.1 Å². The summed E-state index contributed by atoms with van der Waals surface area (Å²) >= 11 is 0. The molecule has 6 nitrogen and oxygen atoms in total. The van der Waals surface area contributed by atoms with Gasteiger partial charge in [-0.2, -0.15) is 0 Å². The molecule has 1 aromatic heterocycles. The Morgan fingerprint density at radius 1 is 1.14 bits per heavy atom. The van der Waals surface area contributed by atoms with E-state index < -0.39 is 11.7 Å². The molecule has 2 amide bonds. The number of aromatic nitrogens is 1. The number of hydrogen-bond donors (Lipinski definition) is 3. The average Bonchev–Trinajstić information content (AvgIpc) is 2.52. The lowest BCUT2D eigenvalue weighted by Gasteiger charge is -2.10. The Labute approximate surface area is 126 Å². The zero-order valence-electron chi connectivity index (χ0n) is 11.7. The van der Waals surface area contributed by atoms with Crippen molar-refractivity contribution in [1.29, 1.82) is 0 Å². The largest absolute Gasteiger partial charge is 0.383 e. The molecule has 0 atom stereocenters. The van der Waals surface area contributed by atoms with Crippen molar-refractivity contribution in [2.45, 2.75) is 0 Å². The van der Waals surface area contributed by atoms with Crippen molar-refractivity contribution in [2.75, 3.05) is 18.4 Å². The first-order chi connectivity index (χ1) is 10.6. The van der Waals surface area contributed by atoms with Crippen LogP contribution in [0.25, 0.3) is 0 Å². The molecule has 1 aromatic carbocycles. The lowest BCUT2D eigenvalue weighted by Crippen LogP contribution is -2.29. The Hall–Kier alpha value is -2.96. The standard InChI is InChI=1S/C15H15FN4O2/c16-11-3-1-10(2-4-11)15(22)20-8-7-19-13-5-6-18-9-12(13)14(17)21/h1-6,9H,7-8H2,(H2,17,21)(H,18,19)(H,20,22). The second-order valence-corrected chi connectivity index (χ2v) is 4.48. The van der Waals surface area contributed by atoms with Gasteiger partial charge in [-0.25, -0.2) is 4.39 Å². The van der Waals surface area contributed by atoms with Gasteiger partial charge in [0, 0.05) is 31.0 Å². The highest BCUT2D eigenvalue weighted by molar-refractivity contribution is 5.98. The molecule has 1 heterocycles. The molecule has 0 unspecified atom stereocenters. The van der Waals surface area contributed by atoms with E-state index in [1.165, 1.54) is 36.7 Å². The number of nitrogens with one attached hydrogen (secondary N) is 2. The van der Waals surface area contributed by atoms with E-state index in [1.54, 1.807) is 6.07 Å². The third-order valence-electron chi connectivity index (χ3n) is 2.92. The maximum atomic E-state index is 12.8. The molecule has 0 bridgehead atoms. The number of benzene rings is 1. The van der Waals surface area contributed by atoms with Crippen molar-refractivity contribution < 1.29 is 14.0 Å². The summed E-state index contributed by atoms with van der Waals surface area (Å²) in [6.07, 6.45) is 2.91. The zero-order chi connectivity index (χ0) is 15.9. The summed E-state index contributed by atoms with van der Waals surface area (Å²) in [5, 5.41) is 5.68. The number of nitrogens with two attached hydrogens (primary N) is 1. The normalized spacial score (nSPS) is 10.0. The second-order valence-electron chi connectivity index (χ2n) is 4.48. The van der Waals surface area contributed by atoms with Gasteiger partial charge in [0.15, 0.2) is 0 Å². The van der Waals surface area contributed by atoms with Crippen molar-refractivity contribution in [1.82, 2.24) is 10.3 Å². The third-order valence-corrected chi connectivity index (χ3v) is 2.92. The zero-order valence-corrected chi connectivity index (χ0v) is 11.7. The van der Waals surface area contributed by atoms with Gasteiger partial charge in [-0.1, -0.05) is 0 Å². The summed E-state index contributed by atoms with van der Waals surface area (Å²) < 4.78 is 12.8. The van der Waals surface area contributed by atoms with E-state index in [0.717, 1.165) is 0 Å². The predicted molar refractivity (Wildman–Crippen MR) is 80.0 cm³/mol. The molecule has 22 heavy (non-hydrogen) atoms. The molecule has 0 aliphatic rings. The quantitative estimate of drug-likeness (QED) is 0.698. The summed E-state index contributed by atoms with van der Waals surface area (Å²) in [6.45, 7) is 0.730. The van der Waals surface area contributed by atoms with Gasteiger partial charge < -0.3 is 16.4 Å². The average molecular weight is 302 g/mol. The Bertz CT molecular complexity index is 673. The van der Waals surface area contributed by atoms with Gasteiger partial charge in [0.05, 0.1) is 11.3 Å². The number of carbonyl (C=O) groups excluding carboxylic acids is 2. The number of carbonyl (C=O) groups is 2. The molecule has 0 aliphatic carbocycles. The Morgan fingerprint density at radius 2 is 1.86 bits per heavy atom. The molecule has 0 saturated heterocycles. The van der Waals surface area contributed by atoms with Crippen molar-refractivity contribution >= 4 is 17.5 Å². The topological polar surface area (TPSA) is 97.1 Å². The van der Waals surface area contributed by atoms with Crippen molar-refractivity contribution in [3.05, 3.63) is 59.7 Å². The minimum absolute atomic E-state index is 0.285. The Morgan fingerprint density at radius 3 is 2.55 bits per heavy atom. The summed E-state index contributed by atoms with van der Waals surface area (Å²) in [5.41, 5.74) is 6.45. The molecule has 0 radical (unpaired) electrons. The van der Waals surface area contributed by atoms with Gasteiger partial charge in [-0.15, -0.1) is 0 Å². The highest BCUT2D eigenvalue weighted by Gasteiger charge is 2.08. The van der Waals surface area contributed by atoms with Crippen LogP contribution in [0.2, 0.25) is 0 Å². The second kappa shape index (κ2) is 7.16. The number of rotatable bonds is 6. The SMILES string of the molecule is NC(=O)c1cnccc1NCCNC(=O)c1ccc(F)cc1. The summed E-state index contributed by atoms with van der Waals surface area (Å²) in [6, 6.07) is 6.90. The minimum atomic E-state index is -0.578. The summed E-state index contributed by atoms with van der Waals surface area (Å²) in [4.78, 5) is 26.8. The van der Waals surface area contributed by atoms with Crippen LogP contribution in [0.1, 0.15) is 20.7 Å². The Kier molecular flexibility index (Phi) is 5.02. The van der Waals surface area contributed by atoms with Crippen LogP contribution in [0.3, 0.4) is 0 Å². The molecule has 2 aromatic rings. The van der Waals surface area contributed by atoms with E-state index in [1.807, 2.05) is 0 Å². The van der Waals surface area contributed by atoms with Crippen molar-refractivity contribution in [2.24, 2.45) is 5.73 Å². The van der Waals surface area contributed by atoms with E-state index >= 15 is 0 Å². The van der Waals surface area contributed by atoms with Gasteiger partial charge in [0.1, 0.15) is 5.82 Å². The van der Waals surface area contributed by atoms with Crippen LogP contribution in [-0.2, 0) is 0 Å². The molecule has 0 fully saturated rings. The number of anilines is 1. The molecule has 4 N–H and O–H groups in total. The first kappa shape index (κ1) is 15.4. The lowest BCUT2D eigenvalue weighted by atomic mass is 10.2. The smallest absolute Gasteiger partial charge is 0.252 e. The van der Waals surface area contributed by atoms with E-state index in [9.17, 15) is 14.0 Å². The fourth-order valence-corrected chi connectivity index (χ4v) is 1.82. The van der Waals surface area contributed by atoms with Crippen LogP contribution in [0.5, 0.6) is 0 Å². The molecule has 0 saturated carbocycles. The number of hydrogen-bond acceptors (Lipinski definition) is 4. The fourth-order valence-electron chi connectivity index (χ4n) is 1.82. The number of pyridine rings is 1. The van der Waals surface area contributed by atoms with Gasteiger partial charge in [-0.05, 0) is 30.3 Å². The number of nitrogens with zero attached hydrogens (tertiary/aromatic N) is 1. The number of halogens is 1. The minimum Gasteiger partial charge on any atom is -0.383 e. The third kappa shape index (κ3) is 4.02. The maximum Gasteiger partial charge on any atom is 0.252 e. The van der Waals surface area contributed by atoms with Gasteiger partial charge in [-0.3, -0.25) is 14.6 Å².